The van der Waals surface area contributed by atoms with Crippen molar-refractivity contribution in [3.05, 3.63) is 42.5 Å². The highest BCUT2D eigenvalue weighted by Crippen LogP contribution is 2.52. The van der Waals surface area contributed by atoms with Crippen LogP contribution in [0.1, 0.15) is 6.42 Å². The molecule has 2 bridgehead atoms. The normalized spacial score (nSPS) is 35.1. The zero-order valence-electron chi connectivity index (χ0n) is 10.3. The Morgan fingerprint density at radius 3 is 2.11 bits per heavy atom. The van der Waals surface area contributed by atoms with Crippen LogP contribution in [0.15, 0.2) is 42.5 Å². The summed E-state index contributed by atoms with van der Waals surface area (Å²) in [6.45, 7) is 0. The molecule has 2 amide bonds. The molecule has 0 aromatic heterocycles. The van der Waals surface area contributed by atoms with E-state index in [1.807, 2.05) is 30.3 Å². The van der Waals surface area contributed by atoms with Crippen molar-refractivity contribution >= 4 is 17.5 Å². The molecule has 1 heterocycles. The van der Waals surface area contributed by atoms with E-state index in [0.29, 0.717) is 0 Å². The average molecular weight is 254 g/mol. The van der Waals surface area contributed by atoms with Crippen LogP contribution in [0.4, 0.5) is 5.69 Å². The number of carbonyl (C=O) groups is 2. The minimum Gasteiger partial charge on any atom is -0.289 e. The second-order valence-electron chi connectivity index (χ2n) is 5.49. The first-order valence-corrected chi connectivity index (χ1v) is 6.63. The highest BCUT2D eigenvalue weighted by atomic mass is 16.2. The fourth-order valence-corrected chi connectivity index (χ4v) is 3.65. The number of benzene rings is 1. The standard InChI is InChI=1S/C15H14N2O2/c18-14-12-9-6-7-10(8-9)13(12)15(19)17(14)16-11-4-2-1-3-5-11/h1-7,9-10,12-13,16H,8H2/t9-,10+,12+,13-. The van der Waals surface area contributed by atoms with Gasteiger partial charge in [-0.15, -0.1) is 0 Å². The van der Waals surface area contributed by atoms with Gasteiger partial charge in [-0.1, -0.05) is 30.4 Å². The van der Waals surface area contributed by atoms with E-state index in [0.717, 1.165) is 12.1 Å². The van der Waals surface area contributed by atoms with Crippen LogP contribution in [0.5, 0.6) is 0 Å². The van der Waals surface area contributed by atoms with Gasteiger partial charge in [0.1, 0.15) is 0 Å². The molecule has 1 aromatic carbocycles. The van der Waals surface area contributed by atoms with Crippen LogP contribution in [-0.2, 0) is 9.59 Å². The predicted molar refractivity (Wildman–Crippen MR) is 69.6 cm³/mol. The van der Waals surface area contributed by atoms with Crippen LogP contribution in [0.3, 0.4) is 0 Å². The first-order valence-electron chi connectivity index (χ1n) is 6.63. The molecular formula is C15H14N2O2. The maximum absolute atomic E-state index is 12.4. The molecule has 19 heavy (non-hydrogen) atoms. The summed E-state index contributed by atoms with van der Waals surface area (Å²) >= 11 is 0. The number of fused-ring (bicyclic) bond motifs is 5. The first kappa shape index (κ1) is 10.8. The molecule has 96 valence electrons. The number of rotatable bonds is 2. The van der Waals surface area contributed by atoms with Crippen molar-refractivity contribution in [1.29, 1.82) is 0 Å². The van der Waals surface area contributed by atoms with Gasteiger partial charge in [-0.05, 0) is 30.4 Å². The minimum atomic E-state index is -0.140. The van der Waals surface area contributed by atoms with Crippen molar-refractivity contribution in [2.45, 2.75) is 6.42 Å². The third kappa shape index (κ3) is 1.40. The van der Waals surface area contributed by atoms with Gasteiger partial charge in [0, 0.05) is 0 Å². The molecule has 0 radical (unpaired) electrons. The lowest BCUT2D eigenvalue weighted by molar-refractivity contribution is -0.139. The number of nitrogens with zero attached hydrogens (tertiary/aromatic N) is 1. The summed E-state index contributed by atoms with van der Waals surface area (Å²) in [4.78, 5) is 24.8. The predicted octanol–water partition coefficient (Wildman–Crippen LogP) is 1.82. The summed E-state index contributed by atoms with van der Waals surface area (Å²) in [6.07, 6.45) is 5.16. The minimum absolute atomic E-state index is 0.0734. The molecule has 1 N–H and O–H groups in total. The number of hydrogen-bond acceptors (Lipinski definition) is 3. The van der Waals surface area contributed by atoms with Gasteiger partial charge in [0.2, 0.25) is 0 Å². The van der Waals surface area contributed by atoms with Crippen LogP contribution in [-0.4, -0.2) is 16.8 Å². The van der Waals surface area contributed by atoms with Crippen molar-refractivity contribution < 1.29 is 9.59 Å². The number of imide groups is 1. The van der Waals surface area contributed by atoms with E-state index in [4.69, 9.17) is 0 Å². The monoisotopic (exact) mass is 254 g/mol. The number of nitrogens with one attached hydrogen (secondary N) is 1. The van der Waals surface area contributed by atoms with Crippen LogP contribution in [0, 0.1) is 23.7 Å². The van der Waals surface area contributed by atoms with Crippen LogP contribution in [0.25, 0.3) is 0 Å². The summed E-state index contributed by atoms with van der Waals surface area (Å²) in [5.74, 6) is 0.0897. The molecule has 2 fully saturated rings. The highest BCUT2D eigenvalue weighted by molar-refractivity contribution is 6.07. The molecule has 4 atom stereocenters. The van der Waals surface area contributed by atoms with E-state index in [1.54, 1.807) is 0 Å². The lowest BCUT2D eigenvalue weighted by atomic mass is 9.85. The van der Waals surface area contributed by atoms with Crippen LogP contribution in [0.2, 0.25) is 0 Å². The summed E-state index contributed by atoms with van der Waals surface area (Å²) in [6, 6.07) is 9.35. The van der Waals surface area contributed by atoms with E-state index in [-0.39, 0.29) is 35.5 Å². The van der Waals surface area contributed by atoms with E-state index >= 15 is 0 Å². The van der Waals surface area contributed by atoms with Crippen molar-refractivity contribution in [2.75, 3.05) is 5.43 Å². The second kappa shape index (κ2) is 3.70. The van der Waals surface area contributed by atoms with Gasteiger partial charge in [-0.3, -0.25) is 15.0 Å². The van der Waals surface area contributed by atoms with E-state index in [9.17, 15) is 9.59 Å². The number of hydrazine groups is 1. The number of carbonyl (C=O) groups excluding carboxylic acids is 2. The topological polar surface area (TPSA) is 49.4 Å². The molecule has 1 aliphatic heterocycles. The smallest absolute Gasteiger partial charge is 0.252 e. The molecule has 1 saturated heterocycles. The van der Waals surface area contributed by atoms with Crippen molar-refractivity contribution in [3.63, 3.8) is 0 Å². The van der Waals surface area contributed by atoms with Gasteiger partial charge in [-0.25, -0.2) is 0 Å². The Balaban J connectivity index is 1.62. The summed E-state index contributed by atoms with van der Waals surface area (Å²) < 4.78 is 0. The fourth-order valence-electron chi connectivity index (χ4n) is 3.65. The van der Waals surface area contributed by atoms with Gasteiger partial charge in [0.25, 0.3) is 11.8 Å². The lowest BCUT2D eigenvalue weighted by Crippen LogP contribution is -2.37. The maximum Gasteiger partial charge on any atom is 0.252 e. The van der Waals surface area contributed by atoms with E-state index in [1.165, 1.54) is 5.01 Å². The van der Waals surface area contributed by atoms with E-state index in [2.05, 4.69) is 17.6 Å². The van der Waals surface area contributed by atoms with Gasteiger partial charge in [0.05, 0.1) is 17.5 Å². The summed E-state index contributed by atoms with van der Waals surface area (Å²) in [5.41, 5.74) is 3.71. The van der Waals surface area contributed by atoms with Crippen LogP contribution >= 0.6 is 0 Å². The highest BCUT2D eigenvalue weighted by Gasteiger charge is 2.59. The fraction of sp³-hybridized carbons (Fsp3) is 0.333. The average Bonchev–Trinajstić information content (AvgIpc) is 3.10. The van der Waals surface area contributed by atoms with Gasteiger partial charge in [-0.2, -0.15) is 5.01 Å². The molecule has 1 aromatic rings. The Labute approximate surface area is 111 Å². The van der Waals surface area contributed by atoms with Crippen molar-refractivity contribution in [2.24, 2.45) is 23.7 Å². The molecule has 4 rings (SSSR count). The third-order valence-electron chi connectivity index (χ3n) is 4.49. The SMILES string of the molecule is O=C1[C@@H]2[C@H](C(=O)N1Nc1ccccc1)[C@H]1C=C[C@@H]2C1. The Kier molecular flexibility index (Phi) is 2.10. The zero-order chi connectivity index (χ0) is 13.0. The Bertz CT molecular complexity index is 551. The van der Waals surface area contributed by atoms with Gasteiger partial charge >= 0.3 is 0 Å². The maximum atomic E-state index is 12.4. The lowest BCUT2D eigenvalue weighted by Gasteiger charge is -2.19. The van der Waals surface area contributed by atoms with E-state index < -0.39 is 0 Å². The Morgan fingerprint density at radius 1 is 0.947 bits per heavy atom. The molecular weight excluding hydrogens is 240 g/mol. The molecule has 3 aliphatic rings. The van der Waals surface area contributed by atoms with Crippen molar-refractivity contribution in [1.82, 2.24) is 5.01 Å². The number of hydrogen-bond donors (Lipinski definition) is 1. The van der Waals surface area contributed by atoms with Crippen LogP contribution < -0.4 is 5.43 Å². The quantitative estimate of drug-likeness (QED) is 0.647. The zero-order valence-corrected chi connectivity index (χ0v) is 10.3. The molecule has 0 spiro atoms. The van der Waals surface area contributed by atoms with Gasteiger partial charge < -0.3 is 0 Å². The Hall–Kier alpha value is -2.10. The first-order chi connectivity index (χ1) is 9.25. The number of anilines is 1. The van der Waals surface area contributed by atoms with Gasteiger partial charge in [0.15, 0.2) is 0 Å². The summed E-state index contributed by atoms with van der Waals surface area (Å²) in [5, 5.41) is 1.22. The molecule has 4 nitrogen and oxygen atoms in total. The molecule has 4 heteroatoms. The number of allylic oxidation sites excluding steroid dienone is 2. The largest absolute Gasteiger partial charge is 0.289 e. The summed E-state index contributed by atoms with van der Waals surface area (Å²) in [7, 11) is 0. The molecule has 1 saturated carbocycles. The molecule has 2 aliphatic carbocycles. The van der Waals surface area contributed by atoms with Crippen molar-refractivity contribution in [3.8, 4) is 0 Å². The number of para-hydroxylation sites is 1. The molecule has 0 unspecified atom stereocenters. The second-order valence-corrected chi connectivity index (χ2v) is 5.49. The Morgan fingerprint density at radius 2 is 1.53 bits per heavy atom. The number of amides is 2. The third-order valence-corrected chi connectivity index (χ3v) is 4.49.